The van der Waals surface area contributed by atoms with E-state index in [0.29, 0.717) is 5.30 Å². The first-order chi connectivity index (χ1) is 5.00. The van der Waals surface area contributed by atoms with Crippen molar-refractivity contribution in [2.24, 2.45) is 0 Å². The zero-order valence-corrected chi connectivity index (χ0v) is 8.73. The van der Waals surface area contributed by atoms with Gasteiger partial charge in [0.25, 0.3) is 0 Å². The molecule has 11 heavy (non-hydrogen) atoms. The molecule has 0 saturated heterocycles. The van der Waals surface area contributed by atoms with Crippen molar-refractivity contribution in [3.63, 3.8) is 0 Å². The Kier molecular flexibility index (Phi) is 2.84. The summed E-state index contributed by atoms with van der Waals surface area (Å²) < 4.78 is 0.893. The Hall–Kier alpha value is 0.270. The third kappa shape index (κ3) is 2.65. The average molecular weight is 253 g/mol. The van der Waals surface area contributed by atoms with Crippen molar-refractivity contribution in [3.05, 3.63) is 28.7 Å². The summed E-state index contributed by atoms with van der Waals surface area (Å²) in [6, 6.07) is 6.65. The van der Waals surface area contributed by atoms with E-state index in [9.17, 15) is 0 Å². The van der Waals surface area contributed by atoms with E-state index in [1.165, 1.54) is 0 Å². The molecule has 0 fully saturated rings. The van der Waals surface area contributed by atoms with E-state index in [2.05, 4.69) is 27.7 Å². The van der Waals surface area contributed by atoms with Crippen molar-refractivity contribution in [2.75, 3.05) is 0 Å². The van der Waals surface area contributed by atoms with E-state index in [-0.39, 0.29) is 0 Å². The molecule has 1 aromatic carbocycles. The Balaban J connectivity index is 3.09. The van der Waals surface area contributed by atoms with Crippen molar-refractivity contribution in [3.8, 4) is 0 Å². The molecule has 0 heterocycles. The molecule has 0 radical (unpaired) electrons. The Morgan fingerprint density at radius 3 is 2.00 bits per heavy atom. The topological polar surface area (TPSA) is 40.5 Å². The maximum atomic E-state index is 9.05. The van der Waals surface area contributed by atoms with Gasteiger partial charge in [-0.25, -0.2) is 0 Å². The van der Waals surface area contributed by atoms with E-state index in [1.807, 2.05) is 0 Å². The second-order valence-electron chi connectivity index (χ2n) is 2.02. The summed E-state index contributed by atoms with van der Waals surface area (Å²) in [5.41, 5.74) is 0. The third-order valence-corrected chi connectivity index (χ3v) is 3.29. The van der Waals surface area contributed by atoms with Gasteiger partial charge in [0.2, 0.25) is 6.49 Å². The highest BCUT2D eigenvalue weighted by atomic mass is 79.9. The quantitative estimate of drug-likeness (QED) is 0.742. The number of hydrogen-bond acceptors (Lipinski definition) is 1. The van der Waals surface area contributed by atoms with Gasteiger partial charge < -0.3 is 9.79 Å². The molecule has 1 aromatic rings. The molecular formula is C6H6BrO2PS. The maximum Gasteiger partial charge on any atom is 0.214 e. The fourth-order valence-corrected chi connectivity index (χ4v) is 1.80. The fraction of sp³-hybridized carbons (Fsp3) is 0. The molecule has 5 heteroatoms. The SMILES string of the molecule is OP(O)(=S)c1ccc(Br)cc1. The Bertz CT molecular complexity index is 292. The van der Waals surface area contributed by atoms with Crippen LogP contribution in [-0.2, 0) is 11.8 Å². The lowest BCUT2D eigenvalue weighted by Gasteiger charge is -2.06. The monoisotopic (exact) mass is 252 g/mol. The normalized spacial score (nSPS) is 11.5. The standard InChI is InChI=1S/C6H6BrO2PS/c7-5-1-3-6(4-2-5)10(8,9)11/h1-4H,(H2,8,9,11). The second kappa shape index (κ2) is 3.33. The molecule has 0 aliphatic carbocycles. The molecule has 1 rings (SSSR count). The Morgan fingerprint density at radius 2 is 1.64 bits per heavy atom. The second-order valence-corrected chi connectivity index (χ2v) is 6.07. The van der Waals surface area contributed by atoms with Crippen LogP contribution in [0.3, 0.4) is 0 Å². The number of benzene rings is 1. The summed E-state index contributed by atoms with van der Waals surface area (Å²) >= 11 is 7.73. The Morgan fingerprint density at radius 1 is 1.18 bits per heavy atom. The molecule has 0 aromatic heterocycles. The number of halogens is 1. The number of hydrogen-bond donors (Lipinski definition) is 2. The molecule has 0 unspecified atom stereocenters. The molecule has 2 N–H and O–H groups in total. The van der Waals surface area contributed by atoms with Crippen LogP contribution in [0.25, 0.3) is 0 Å². The van der Waals surface area contributed by atoms with Crippen molar-refractivity contribution in [1.82, 2.24) is 0 Å². The van der Waals surface area contributed by atoms with Gasteiger partial charge in [0, 0.05) is 9.78 Å². The predicted octanol–water partition coefficient (Wildman–Crippen LogP) is 1.37. The molecule has 0 bridgehead atoms. The van der Waals surface area contributed by atoms with Crippen molar-refractivity contribution in [2.45, 2.75) is 0 Å². The van der Waals surface area contributed by atoms with E-state index < -0.39 is 6.49 Å². The first-order valence-corrected chi connectivity index (χ1v) is 6.32. The minimum atomic E-state index is -3.23. The molecule has 2 nitrogen and oxygen atoms in total. The highest BCUT2D eigenvalue weighted by molar-refractivity contribution is 9.10. The van der Waals surface area contributed by atoms with Gasteiger partial charge >= 0.3 is 0 Å². The van der Waals surface area contributed by atoms with Gasteiger partial charge in [0.1, 0.15) is 0 Å². The zero-order valence-electron chi connectivity index (χ0n) is 5.44. The zero-order chi connectivity index (χ0) is 8.48. The lowest BCUT2D eigenvalue weighted by molar-refractivity contribution is 0.493. The Labute approximate surface area is 78.2 Å². The first-order valence-electron chi connectivity index (χ1n) is 2.82. The van der Waals surface area contributed by atoms with Crippen LogP contribution >= 0.6 is 22.4 Å². The maximum absolute atomic E-state index is 9.05. The molecule has 0 saturated carbocycles. The van der Waals surface area contributed by atoms with Crippen LogP contribution in [0.15, 0.2) is 28.7 Å². The summed E-state index contributed by atoms with van der Waals surface area (Å²) in [4.78, 5) is 18.1. The smallest absolute Gasteiger partial charge is 0.214 e. The highest BCUT2D eigenvalue weighted by Gasteiger charge is 2.09. The molecular weight excluding hydrogens is 247 g/mol. The van der Waals surface area contributed by atoms with Crippen LogP contribution < -0.4 is 5.30 Å². The lowest BCUT2D eigenvalue weighted by Crippen LogP contribution is -2.01. The summed E-state index contributed by atoms with van der Waals surface area (Å²) in [5, 5.41) is 0.413. The van der Waals surface area contributed by atoms with Gasteiger partial charge in [0.15, 0.2) is 0 Å². The molecule has 60 valence electrons. The van der Waals surface area contributed by atoms with Crippen LogP contribution in [0.1, 0.15) is 0 Å². The van der Waals surface area contributed by atoms with Gasteiger partial charge in [0.05, 0.1) is 0 Å². The van der Waals surface area contributed by atoms with Crippen molar-refractivity contribution < 1.29 is 9.79 Å². The minimum Gasteiger partial charge on any atom is -0.342 e. The van der Waals surface area contributed by atoms with Crippen LogP contribution in [0.4, 0.5) is 0 Å². The molecule has 0 atom stereocenters. The largest absolute Gasteiger partial charge is 0.342 e. The van der Waals surface area contributed by atoms with Crippen LogP contribution in [0, 0.1) is 0 Å². The van der Waals surface area contributed by atoms with Gasteiger partial charge in [-0.2, -0.15) is 0 Å². The van der Waals surface area contributed by atoms with E-state index in [0.717, 1.165) is 4.47 Å². The molecule has 0 spiro atoms. The van der Waals surface area contributed by atoms with E-state index >= 15 is 0 Å². The van der Waals surface area contributed by atoms with Crippen molar-refractivity contribution >= 4 is 39.5 Å². The fourth-order valence-electron chi connectivity index (χ4n) is 0.635. The van der Waals surface area contributed by atoms with Gasteiger partial charge in [-0.3, -0.25) is 0 Å². The van der Waals surface area contributed by atoms with Crippen molar-refractivity contribution in [1.29, 1.82) is 0 Å². The highest BCUT2D eigenvalue weighted by Crippen LogP contribution is 2.33. The summed E-state index contributed by atoms with van der Waals surface area (Å²) in [7, 11) is 0. The first kappa shape index (κ1) is 9.36. The lowest BCUT2D eigenvalue weighted by atomic mass is 10.4. The van der Waals surface area contributed by atoms with Gasteiger partial charge in [-0.1, -0.05) is 15.9 Å². The molecule has 0 aliphatic heterocycles. The predicted molar refractivity (Wildman–Crippen MR) is 52.5 cm³/mol. The van der Waals surface area contributed by atoms with Crippen LogP contribution in [-0.4, -0.2) is 9.79 Å². The van der Waals surface area contributed by atoms with Gasteiger partial charge in [-0.15, -0.1) is 0 Å². The molecule has 0 amide bonds. The third-order valence-electron chi connectivity index (χ3n) is 1.16. The average Bonchev–Trinajstić information content (AvgIpc) is 1.86. The van der Waals surface area contributed by atoms with Crippen LogP contribution in [0.2, 0.25) is 0 Å². The van der Waals surface area contributed by atoms with Crippen LogP contribution in [0.5, 0.6) is 0 Å². The number of rotatable bonds is 1. The minimum absolute atomic E-state index is 0.413. The summed E-state index contributed by atoms with van der Waals surface area (Å²) in [6.45, 7) is -3.23. The summed E-state index contributed by atoms with van der Waals surface area (Å²) in [6.07, 6.45) is 0. The van der Waals surface area contributed by atoms with E-state index in [4.69, 9.17) is 9.79 Å². The summed E-state index contributed by atoms with van der Waals surface area (Å²) in [5.74, 6) is 0. The van der Waals surface area contributed by atoms with Gasteiger partial charge in [-0.05, 0) is 36.1 Å². The van der Waals surface area contributed by atoms with E-state index in [1.54, 1.807) is 24.3 Å². The molecule has 0 aliphatic rings.